The van der Waals surface area contributed by atoms with Crippen molar-refractivity contribution < 1.29 is 13.6 Å². The summed E-state index contributed by atoms with van der Waals surface area (Å²) in [5.74, 6) is 0. The molecule has 4 heteroatoms. The highest BCUT2D eigenvalue weighted by atomic mass is 31.1. The van der Waals surface area contributed by atoms with Crippen molar-refractivity contribution in [1.29, 1.82) is 0 Å². The summed E-state index contributed by atoms with van der Waals surface area (Å²) < 4.78 is 20.6. The van der Waals surface area contributed by atoms with E-state index in [4.69, 9.17) is 9.05 Å². The third-order valence-corrected chi connectivity index (χ3v) is 2.12. The average Bonchev–Trinajstić information content (AvgIpc) is 1.87. The third-order valence-electron chi connectivity index (χ3n) is 1.04. The van der Waals surface area contributed by atoms with Crippen LogP contribution < -0.4 is 0 Å². The van der Waals surface area contributed by atoms with Gasteiger partial charge < -0.3 is 0 Å². The van der Waals surface area contributed by atoms with Crippen molar-refractivity contribution in [1.82, 2.24) is 0 Å². The minimum Gasteiger partial charge on any atom is -0.119 e. The second-order valence-electron chi connectivity index (χ2n) is 2.54. The Hall–Kier alpha value is -0.240. The first-order valence-electron chi connectivity index (χ1n) is 3.44. The van der Waals surface area contributed by atoms with Crippen LogP contribution in [-0.2, 0) is 13.6 Å². The Morgan fingerprint density at radius 3 is 2.55 bits per heavy atom. The van der Waals surface area contributed by atoms with E-state index in [-0.39, 0.29) is 0 Å². The van der Waals surface area contributed by atoms with Crippen molar-refractivity contribution in [2.75, 3.05) is 6.61 Å². The molecule has 0 rings (SSSR count). The Labute approximate surface area is 68.3 Å². The van der Waals surface area contributed by atoms with E-state index in [0.717, 1.165) is 0 Å². The maximum Gasteiger partial charge on any atom is 0.698 e. The number of hydrogen-bond donors (Lipinski definition) is 0. The van der Waals surface area contributed by atoms with Gasteiger partial charge in [0.15, 0.2) is 0 Å². The Morgan fingerprint density at radius 2 is 2.18 bits per heavy atom. The van der Waals surface area contributed by atoms with Crippen LogP contribution in [0.3, 0.4) is 0 Å². The van der Waals surface area contributed by atoms with Gasteiger partial charge in [0.25, 0.3) is 0 Å². The summed E-state index contributed by atoms with van der Waals surface area (Å²) in [5, 5.41) is 0. The Kier molecular flexibility index (Phi) is 4.50. The predicted octanol–water partition coefficient (Wildman–Crippen LogP) is 2.66. The van der Waals surface area contributed by atoms with Crippen molar-refractivity contribution in [2.24, 2.45) is 0 Å². The zero-order chi connectivity index (χ0) is 8.91. The molecule has 0 saturated heterocycles. The summed E-state index contributed by atoms with van der Waals surface area (Å²) in [4.78, 5) is 0. The largest absolute Gasteiger partial charge is 0.698 e. The van der Waals surface area contributed by atoms with Gasteiger partial charge in [0.2, 0.25) is 0 Å². The summed E-state index contributed by atoms with van der Waals surface area (Å²) in [6, 6.07) is 0. The summed E-state index contributed by atoms with van der Waals surface area (Å²) in [7, 11) is -2.00. The van der Waals surface area contributed by atoms with Gasteiger partial charge in [0, 0.05) is 4.57 Å². The van der Waals surface area contributed by atoms with Crippen molar-refractivity contribution >= 4 is 8.25 Å². The van der Waals surface area contributed by atoms with E-state index >= 15 is 0 Å². The monoisotopic (exact) mass is 177 g/mol. The van der Waals surface area contributed by atoms with E-state index in [1.807, 2.05) is 0 Å². The molecule has 0 aliphatic heterocycles. The lowest BCUT2D eigenvalue weighted by molar-refractivity contribution is 0.135. The van der Waals surface area contributed by atoms with Crippen LogP contribution >= 0.6 is 8.25 Å². The van der Waals surface area contributed by atoms with Gasteiger partial charge in [0.05, 0.1) is 0 Å². The molecule has 0 spiro atoms. The highest BCUT2D eigenvalue weighted by molar-refractivity contribution is 7.33. The van der Waals surface area contributed by atoms with Gasteiger partial charge in [-0.05, 0) is 20.8 Å². The Morgan fingerprint density at radius 1 is 1.64 bits per heavy atom. The van der Waals surface area contributed by atoms with Crippen LogP contribution in [0.15, 0.2) is 12.7 Å². The third kappa shape index (κ3) is 5.08. The van der Waals surface area contributed by atoms with Crippen LogP contribution in [-0.4, -0.2) is 12.2 Å². The first kappa shape index (κ1) is 10.8. The van der Waals surface area contributed by atoms with Crippen LogP contribution in [0.25, 0.3) is 0 Å². The van der Waals surface area contributed by atoms with E-state index in [1.165, 1.54) is 0 Å². The minimum atomic E-state index is -2.00. The van der Waals surface area contributed by atoms with Crippen molar-refractivity contribution in [2.45, 2.75) is 26.4 Å². The summed E-state index contributed by atoms with van der Waals surface area (Å²) in [6.45, 7) is 9.23. The quantitative estimate of drug-likeness (QED) is 0.478. The molecule has 0 saturated carbocycles. The smallest absolute Gasteiger partial charge is 0.119 e. The average molecular weight is 177 g/mol. The SMILES string of the molecule is C=CC(C)(C)O[P+](=O)OCC. The zero-order valence-corrected chi connectivity index (χ0v) is 8.06. The van der Waals surface area contributed by atoms with Gasteiger partial charge in [-0.25, -0.2) is 0 Å². The molecule has 0 N–H and O–H groups in total. The molecular formula is C7H14O3P+. The molecule has 1 atom stereocenters. The maximum absolute atomic E-state index is 10.9. The van der Waals surface area contributed by atoms with Crippen LogP contribution in [0, 0.1) is 0 Å². The van der Waals surface area contributed by atoms with E-state index in [0.29, 0.717) is 6.61 Å². The van der Waals surface area contributed by atoms with E-state index in [1.54, 1.807) is 26.8 Å². The second kappa shape index (κ2) is 4.60. The van der Waals surface area contributed by atoms with Crippen molar-refractivity contribution in [3.63, 3.8) is 0 Å². The first-order chi connectivity index (χ1) is 5.02. The predicted molar refractivity (Wildman–Crippen MR) is 44.6 cm³/mol. The van der Waals surface area contributed by atoms with E-state index in [2.05, 4.69) is 6.58 Å². The molecule has 0 heterocycles. The second-order valence-corrected chi connectivity index (χ2v) is 3.43. The lowest BCUT2D eigenvalue weighted by atomic mass is 10.1. The molecular weight excluding hydrogens is 163 g/mol. The van der Waals surface area contributed by atoms with Crippen LogP contribution in [0.5, 0.6) is 0 Å². The number of hydrogen-bond acceptors (Lipinski definition) is 3. The standard InChI is InChI=1S/C7H14O3P/c1-5-7(3,4)10-11(8)9-6-2/h5H,1,6H2,2-4H3/q+1. The highest BCUT2D eigenvalue weighted by Gasteiger charge is 2.30. The minimum absolute atomic E-state index is 0.391. The maximum atomic E-state index is 10.9. The van der Waals surface area contributed by atoms with E-state index in [9.17, 15) is 4.57 Å². The number of rotatable bonds is 5. The molecule has 0 radical (unpaired) electrons. The van der Waals surface area contributed by atoms with E-state index < -0.39 is 13.9 Å². The molecule has 3 nitrogen and oxygen atoms in total. The molecule has 0 amide bonds. The van der Waals surface area contributed by atoms with Gasteiger partial charge in [-0.15, -0.1) is 15.6 Å². The first-order valence-corrected chi connectivity index (χ1v) is 4.54. The molecule has 0 aromatic rings. The molecule has 0 fully saturated rings. The van der Waals surface area contributed by atoms with Gasteiger partial charge in [-0.3, -0.25) is 0 Å². The molecule has 1 unspecified atom stereocenters. The van der Waals surface area contributed by atoms with Gasteiger partial charge in [-0.2, -0.15) is 0 Å². The van der Waals surface area contributed by atoms with Gasteiger partial charge in [0.1, 0.15) is 12.2 Å². The Bertz CT molecular complexity index is 154. The summed E-state index contributed by atoms with van der Waals surface area (Å²) >= 11 is 0. The topological polar surface area (TPSA) is 35.5 Å². The molecule has 0 aliphatic rings. The Balaban J connectivity index is 3.83. The fourth-order valence-corrected chi connectivity index (χ4v) is 1.08. The lowest BCUT2D eigenvalue weighted by Crippen LogP contribution is -2.16. The molecule has 0 bridgehead atoms. The normalized spacial score (nSPS) is 12.8. The van der Waals surface area contributed by atoms with Crippen molar-refractivity contribution in [3.05, 3.63) is 12.7 Å². The lowest BCUT2D eigenvalue weighted by Gasteiger charge is -2.09. The summed E-state index contributed by atoms with van der Waals surface area (Å²) in [5.41, 5.74) is -0.581. The molecule has 64 valence electrons. The molecule has 0 aromatic heterocycles. The van der Waals surface area contributed by atoms with Crippen LogP contribution in [0.1, 0.15) is 20.8 Å². The van der Waals surface area contributed by atoms with Gasteiger partial charge >= 0.3 is 8.25 Å². The van der Waals surface area contributed by atoms with Crippen molar-refractivity contribution in [3.8, 4) is 0 Å². The fourth-order valence-electron chi connectivity index (χ4n) is 0.361. The molecule has 0 aliphatic carbocycles. The fraction of sp³-hybridized carbons (Fsp3) is 0.714. The van der Waals surface area contributed by atoms with Gasteiger partial charge in [-0.1, -0.05) is 6.08 Å². The highest BCUT2D eigenvalue weighted by Crippen LogP contribution is 2.31. The zero-order valence-electron chi connectivity index (χ0n) is 7.16. The summed E-state index contributed by atoms with van der Waals surface area (Å²) in [6.07, 6.45) is 1.58. The van der Waals surface area contributed by atoms with Crippen LogP contribution in [0.4, 0.5) is 0 Å². The molecule has 11 heavy (non-hydrogen) atoms. The molecule has 0 aromatic carbocycles. The van der Waals surface area contributed by atoms with Crippen LogP contribution in [0.2, 0.25) is 0 Å².